The molecule has 0 aliphatic rings. The van der Waals surface area contributed by atoms with Crippen molar-refractivity contribution in [1.29, 1.82) is 0 Å². The molecule has 3 amide bonds. The molecule has 3 unspecified atom stereocenters. The summed E-state index contributed by atoms with van der Waals surface area (Å²) >= 11 is 1.55. The van der Waals surface area contributed by atoms with Crippen molar-refractivity contribution in [2.75, 3.05) is 18.6 Å². The first-order valence-electron chi connectivity index (χ1n) is 15.9. The van der Waals surface area contributed by atoms with Crippen LogP contribution in [0.25, 0.3) is 0 Å². The van der Waals surface area contributed by atoms with Crippen molar-refractivity contribution in [2.45, 2.75) is 111 Å². The van der Waals surface area contributed by atoms with E-state index in [4.69, 9.17) is 9.47 Å². The maximum Gasteiger partial charge on any atom is 0.408 e. The number of ether oxygens (including phenoxy) is 2. The molecular weight excluding hydrogens is 602 g/mol. The second-order valence-electron chi connectivity index (χ2n) is 13.6. The fourth-order valence-electron chi connectivity index (χ4n) is 5.06. The third-order valence-electron chi connectivity index (χ3n) is 6.76. The summed E-state index contributed by atoms with van der Waals surface area (Å²) in [5.41, 5.74) is 1.79. The smallest absolute Gasteiger partial charge is 0.408 e. The molecule has 46 heavy (non-hydrogen) atoms. The van der Waals surface area contributed by atoms with Gasteiger partial charge in [-0.1, -0.05) is 66.6 Å². The van der Waals surface area contributed by atoms with Crippen LogP contribution in [-0.2, 0) is 30.3 Å². The predicted molar refractivity (Wildman–Crippen MR) is 185 cm³/mol. The summed E-state index contributed by atoms with van der Waals surface area (Å²) in [4.78, 5) is 56.7. The zero-order chi connectivity index (χ0) is 34.7. The number of thioether (sulfide) groups is 1. The molecule has 3 atom stereocenters. The topological polar surface area (TPSA) is 114 Å². The molecule has 0 fully saturated rings. The highest BCUT2D eigenvalue weighted by atomic mass is 32.2. The molecular formula is C36H53N3O6S. The van der Waals surface area contributed by atoms with Gasteiger partial charge in [0.25, 0.3) is 0 Å². The largest absolute Gasteiger partial charge is 0.458 e. The van der Waals surface area contributed by atoms with E-state index in [-0.39, 0.29) is 13.0 Å². The van der Waals surface area contributed by atoms with Crippen LogP contribution < -0.4 is 10.6 Å². The van der Waals surface area contributed by atoms with Gasteiger partial charge in [-0.25, -0.2) is 9.59 Å². The van der Waals surface area contributed by atoms with Gasteiger partial charge in [-0.3, -0.25) is 9.59 Å². The van der Waals surface area contributed by atoms with Gasteiger partial charge in [-0.15, -0.1) is 0 Å². The Bertz CT molecular complexity index is 1300. The number of aryl methyl sites for hydroxylation is 2. The number of hydrogen-bond acceptors (Lipinski definition) is 7. The second kappa shape index (κ2) is 17.4. The maximum absolute atomic E-state index is 14.5. The average molecular weight is 656 g/mol. The Morgan fingerprint density at radius 2 is 1.43 bits per heavy atom. The van der Waals surface area contributed by atoms with E-state index in [0.29, 0.717) is 24.2 Å². The molecule has 0 heterocycles. The quantitative estimate of drug-likeness (QED) is 0.230. The molecule has 254 valence electrons. The summed E-state index contributed by atoms with van der Waals surface area (Å²) in [6, 6.07) is 12.1. The molecule has 0 spiro atoms. The molecule has 10 heteroatoms. The van der Waals surface area contributed by atoms with Crippen molar-refractivity contribution in [2.24, 2.45) is 0 Å². The number of benzene rings is 2. The number of esters is 1. The van der Waals surface area contributed by atoms with Crippen LogP contribution in [0.15, 0.2) is 48.5 Å². The lowest BCUT2D eigenvalue weighted by atomic mass is 9.97. The van der Waals surface area contributed by atoms with E-state index in [1.807, 2.05) is 75.6 Å². The number of hydrogen-bond donors (Lipinski definition) is 2. The van der Waals surface area contributed by atoms with Crippen LogP contribution in [0.1, 0.15) is 89.6 Å². The SMILES string of the molecule is CCCN(C(=O)C(CCSC)NC(=O)OC(C)(C)C)C(C(=O)NC(Cc1ccccc1)C(=O)OC(C)(C)C)c1cc(C)cc(C)c1. The van der Waals surface area contributed by atoms with Gasteiger partial charge in [0.05, 0.1) is 0 Å². The zero-order valence-electron chi connectivity index (χ0n) is 29.2. The molecule has 0 aliphatic heterocycles. The number of nitrogens with zero attached hydrogens (tertiary/aromatic N) is 1. The van der Waals surface area contributed by atoms with Gasteiger partial charge in [0, 0.05) is 13.0 Å². The van der Waals surface area contributed by atoms with Crippen LogP contribution >= 0.6 is 11.8 Å². The Balaban J connectivity index is 2.61. The Kier molecular flexibility index (Phi) is 14.6. The van der Waals surface area contributed by atoms with E-state index in [9.17, 15) is 19.2 Å². The highest BCUT2D eigenvalue weighted by Crippen LogP contribution is 2.27. The lowest BCUT2D eigenvalue weighted by molar-refractivity contribution is -0.159. The van der Waals surface area contributed by atoms with Crippen LogP contribution in [-0.4, -0.2) is 70.6 Å². The fourth-order valence-corrected chi connectivity index (χ4v) is 5.53. The molecule has 2 rings (SSSR count). The number of nitrogens with one attached hydrogen (secondary N) is 2. The maximum atomic E-state index is 14.5. The minimum atomic E-state index is -1.08. The lowest BCUT2D eigenvalue weighted by Crippen LogP contribution is -2.55. The Hall–Kier alpha value is -3.53. The van der Waals surface area contributed by atoms with Crippen molar-refractivity contribution in [3.63, 3.8) is 0 Å². The number of carbonyl (C=O) groups excluding carboxylic acids is 4. The van der Waals surface area contributed by atoms with Crippen molar-refractivity contribution >= 4 is 35.6 Å². The first-order valence-corrected chi connectivity index (χ1v) is 17.3. The zero-order valence-corrected chi connectivity index (χ0v) is 30.0. The summed E-state index contributed by atoms with van der Waals surface area (Å²) < 4.78 is 11.2. The third-order valence-corrected chi connectivity index (χ3v) is 7.40. The summed E-state index contributed by atoms with van der Waals surface area (Å²) in [6.45, 7) is 16.6. The fraction of sp³-hybridized carbons (Fsp3) is 0.556. The van der Waals surface area contributed by atoms with Gasteiger partial charge in [-0.2, -0.15) is 11.8 Å². The highest BCUT2D eigenvalue weighted by Gasteiger charge is 2.38. The molecule has 2 N–H and O–H groups in total. The summed E-state index contributed by atoms with van der Waals surface area (Å²) in [5.74, 6) is -0.885. The first-order chi connectivity index (χ1) is 21.4. The van der Waals surface area contributed by atoms with Gasteiger partial charge < -0.3 is 25.0 Å². The molecule has 2 aromatic carbocycles. The Labute approximate surface area is 279 Å². The minimum Gasteiger partial charge on any atom is -0.458 e. The molecule has 0 saturated heterocycles. The average Bonchev–Trinajstić information content (AvgIpc) is 2.92. The number of alkyl carbamates (subject to hydrolysis) is 1. The monoisotopic (exact) mass is 655 g/mol. The van der Waals surface area contributed by atoms with Gasteiger partial charge in [0.1, 0.15) is 29.3 Å². The number of amides is 3. The Morgan fingerprint density at radius 3 is 1.96 bits per heavy atom. The van der Waals surface area contributed by atoms with Crippen LogP contribution in [0.4, 0.5) is 4.79 Å². The van der Waals surface area contributed by atoms with Gasteiger partial charge >= 0.3 is 12.1 Å². The Morgan fingerprint density at radius 1 is 0.848 bits per heavy atom. The van der Waals surface area contributed by atoms with Crippen molar-refractivity contribution in [1.82, 2.24) is 15.5 Å². The third kappa shape index (κ3) is 13.1. The van der Waals surface area contributed by atoms with E-state index in [1.165, 1.54) is 4.90 Å². The van der Waals surface area contributed by atoms with Crippen molar-refractivity contribution < 1.29 is 28.7 Å². The van der Waals surface area contributed by atoms with E-state index in [2.05, 4.69) is 10.6 Å². The van der Waals surface area contributed by atoms with Gasteiger partial charge in [-0.05, 0) is 91.4 Å². The van der Waals surface area contributed by atoms with E-state index in [1.54, 1.807) is 53.3 Å². The summed E-state index contributed by atoms with van der Waals surface area (Å²) in [7, 11) is 0. The molecule has 0 aliphatic carbocycles. The van der Waals surface area contributed by atoms with E-state index in [0.717, 1.165) is 16.7 Å². The van der Waals surface area contributed by atoms with E-state index >= 15 is 0 Å². The number of carbonyl (C=O) groups is 4. The van der Waals surface area contributed by atoms with Gasteiger partial charge in [0.2, 0.25) is 11.8 Å². The van der Waals surface area contributed by atoms with Crippen LogP contribution in [0.5, 0.6) is 0 Å². The normalized spacial score (nSPS) is 13.6. The highest BCUT2D eigenvalue weighted by molar-refractivity contribution is 7.98. The van der Waals surface area contributed by atoms with Crippen LogP contribution in [0.3, 0.4) is 0 Å². The van der Waals surface area contributed by atoms with Crippen LogP contribution in [0.2, 0.25) is 0 Å². The molecule has 0 bridgehead atoms. The molecule has 0 saturated carbocycles. The standard InChI is InChI=1S/C36H53N3O6S/c1-11-18-39(32(41)28(17-19-46-10)38-34(43)45-36(7,8)9)30(27-21-24(2)20-25(3)22-27)31(40)37-29(33(42)44-35(4,5)6)23-26-15-13-12-14-16-26/h12-16,20-22,28-30H,11,17-19,23H2,1-10H3,(H,37,40)(H,38,43). The van der Waals surface area contributed by atoms with Crippen molar-refractivity contribution in [3.05, 3.63) is 70.8 Å². The lowest BCUT2D eigenvalue weighted by Gasteiger charge is -2.35. The van der Waals surface area contributed by atoms with Crippen molar-refractivity contribution in [3.8, 4) is 0 Å². The van der Waals surface area contributed by atoms with Crippen LogP contribution in [0, 0.1) is 13.8 Å². The second-order valence-corrected chi connectivity index (χ2v) is 14.6. The molecule has 2 aromatic rings. The molecule has 9 nitrogen and oxygen atoms in total. The summed E-state index contributed by atoms with van der Waals surface area (Å²) in [6.07, 6.45) is 2.33. The number of rotatable bonds is 14. The molecule has 0 radical (unpaired) electrons. The predicted octanol–water partition coefficient (Wildman–Crippen LogP) is 6.30. The first kappa shape index (κ1) is 38.7. The van der Waals surface area contributed by atoms with E-state index < -0.39 is 53.2 Å². The molecule has 0 aromatic heterocycles. The minimum absolute atomic E-state index is 0.208. The van der Waals surface area contributed by atoms with Gasteiger partial charge in [0.15, 0.2) is 0 Å². The summed E-state index contributed by atoms with van der Waals surface area (Å²) in [5, 5.41) is 5.71.